The van der Waals surface area contributed by atoms with Gasteiger partial charge >= 0.3 is 0 Å². The number of aliphatic hydroxyl groups is 2. The normalized spacial score (nSPS) is 14.4. The number of hydrogen-bond acceptors (Lipinski definition) is 6. The lowest BCUT2D eigenvalue weighted by atomic mass is 9.90. The first-order chi connectivity index (χ1) is 13.8. The van der Waals surface area contributed by atoms with Crippen molar-refractivity contribution in [2.45, 2.75) is 39.1 Å². The van der Waals surface area contributed by atoms with Gasteiger partial charge in [0.2, 0.25) is 0 Å². The number of Topliss-reactive ketones (excluding diaryl/α,β-unsaturated/α-hetero) is 1. The van der Waals surface area contributed by atoms with Crippen LogP contribution in [0.25, 0.3) is 11.1 Å². The molecule has 0 aliphatic carbocycles. The quantitative estimate of drug-likeness (QED) is 0.606. The molecule has 6 heteroatoms. The van der Waals surface area contributed by atoms with Gasteiger partial charge in [-0.05, 0) is 30.5 Å². The van der Waals surface area contributed by atoms with Crippen LogP contribution in [0.1, 0.15) is 35.9 Å². The number of carbonyl (C=O) groups excluding carboxylic acids is 1. The second kappa shape index (κ2) is 8.69. The van der Waals surface area contributed by atoms with Crippen LogP contribution in [0.2, 0.25) is 0 Å². The Morgan fingerprint density at radius 1 is 1.10 bits per heavy atom. The second-order valence-electron chi connectivity index (χ2n) is 7.12. The van der Waals surface area contributed by atoms with Crippen LogP contribution < -0.4 is 0 Å². The Hall–Kier alpha value is -2.80. The lowest BCUT2D eigenvalue weighted by molar-refractivity contribution is -0.166. The number of nitrogens with zero attached hydrogens (tertiary/aromatic N) is 1. The number of ether oxygens (including phenoxy) is 1. The van der Waals surface area contributed by atoms with Crippen molar-refractivity contribution in [3.05, 3.63) is 77.5 Å². The molecule has 0 aliphatic heterocycles. The fourth-order valence-electron chi connectivity index (χ4n) is 3.19. The maximum atomic E-state index is 12.4. The first-order valence-corrected chi connectivity index (χ1v) is 9.39. The van der Waals surface area contributed by atoms with E-state index in [1.165, 1.54) is 6.92 Å². The summed E-state index contributed by atoms with van der Waals surface area (Å²) in [5, 5.41) is 20.2. The zero-order chi connectivity index (χ0) is 21.0. The lowest BCUT2D eigenvalue weighted by Gasteiger charge is -2.32. The fourth-order valence-corrected chi connectivity index (χ4v) is 3.19. The molecule has 3 aromatic rings. The van der Waals surface area contributed by atoms with Gasteiger partial charge < -0.3 is 19.4 Å². The van der Waals surface area contributed by atoms with Gasteiger partial charge in [0.15, 0.2) is 17.3 Å². The standard InChI is InChI=1S/C23H25NO5/c1-15-21(24-16(2)29-15)22(27)23(3,20(26)13-25)28-14-17-9-11-19(12-10-17)18-7-5-4-6-8-18/h4-12,22,25,27H,13-14H2,1-3H3/t22-,23+/m0/s1. The lowest BCUT2D eigenvalue weighted by Crippen LogP contribution is -2.46. The number of aliphatic hydroxyl groups excluding tert-OH is 2. The van der Waals surface area contributed by atoms with E-state index in [1.807, 2.05) is 54.6 Å². The Morgan fingerprint density at radius 3 is 2.28 bits per heavy atom. The molecular formula is C23H25NO5. The van der Waals surface area contributed by atoms with Crippen molar-refractivity contribution >= 4 is 5.78 Å². The molecule has 0 saturated heterocycles. The van der Waals surface area contributed by atoms with Gasteiger partial charge in [0.1, 0.15) is 24.2 Å². The van der Waals surface area contributed by atoms with E-state index in [4.69, 9.17) is 9.15 Å². The molecule has 0 radical (unpaired) electrons. The summed E-state index contributed by atoms with van der Waals surface area (Å²) in [7, 11) is 0. The molecule has 0 aliphatic rings. The van der Waals surface area contributed by atoms with Crippen LogP contribution in [0.15, 0.2) is 59.0 Å². The molecule has 152 valence electrons. The smallest absolute Gasteiger partial charge is 0.192 e. The van der Waals surface area contributed by atoms with Gasteiger partial charge in [-0.2, -0.15) is 0 Å². The molecule has 6 nitrogen and oxygen atoms in total. The Labute approximate surface area is 169 Å². The third-order valence-corrected chi connectivity index (χ3v) is 5.02. The average molecular weight is 395 g/mol. The van der Waals surface area contributed by atoms with Gasteiger partial charge in [0.05, 0.1) is 6.61 Å². The molecule has 0 unspecified atom stereocenters. The summed E-state index contributed by atoms with van der Waals surface area (Å²) in [6, 6.07) is 17.7. The number of carbonyl (C=O) groups is 1. The van der Waals surface area contributed by atoms with Gasteiger partial charge in [0, 0.05) is 6.92 Å². The molecule has 0 saturated carbocycles. The molecule has 0 bridgehead atoms. The number of aromatic nitrogens is 1. The summed E-state index contributed by atoms with van der Waals surface area (Å²) in [5.41, 5.74) is 1.57. The van der Waals surface area contributed by atoms with E-state index in [0.717, 1.165) is 16.7 Å². The predicted octanol–water partition coefficient (Wildman–Crippen LogP) is 3.53. The van der Waals surface area contributed by atoms with Crippen LogP contribution in [0, 0.1) is 13.8 Å². The topological polar surface area (TPSA) is 92.8 Å². The van der Waals surface area contributed by atoms with Crippen molar-refractivity contribution in [1.29, 1.82) is 0 Å². The molecule has 0 spiro atoms. The third kappa shape index (κ3) is 4.45. The van der Waals surface area contributed by atoms with E-state index in [2.05, 4.69) is 4.98 Å². The van der Waals surface area contributed by atoms with Gasteiger partial charge in [0.25, 0.3) is 0 Å². The van der Waals surface area contributed by atoms with Gasteiger partial charge in [-0.15, -0.1) is 0 Å². The van der Waals surface area contributed by atoms with E-state index in [0.29, 0.717) is 11.7 Å². The molecule has 1 heterocycles. The Morgan fingerprint density at radius 2 is 1.72 bits per heavy atom. The van der Waals surface area contributed by atoms with Crippen LogP contribution in [0.4, 0.5) is 0 Å². The van der Waals surface area contributed by atoms with E-state index >= 15 is 0 Å². The highest BCUT2D eigenvalue weighted by molar-refractivity contribution is 5.88. The summed E-state index contributed by atoms with van der Waals surface area (Å²) in [5.74, 6) is 0.153. The number of ketones is 1. The van der Waals surface area contributed by atoms with E-state index in [1.54, 1.807) is 13.8 Å². The largest absolute Gasteiger partial charge is 0.446 e. The van der Waals surface area contributed by atoms with Crippen molar-refractivity contribution < 1.29 is 24.2 Å². The Bertz CT molecular complexity index is 965. The van der Waals surface area contributed by atoms with Crippen LogP contribution in [0.5, 0.6) is 0 Å². The maximum Gasteiger partial charge on any atom is 0.192 e. The van der Waals surface area contributed by atoms with E-state index in [-0.39, 0.29) is 12.3 Å². The van der Waals surface area contributed by atoms with Gasteiger partial charge in [-0.3, -0.25) is 4.79 Å². The fraction of sp³-hybridized carbons (Fsp3) is 0.304. The van der Waals surface area contributed by atoms with Crippen molar-refractivity contribution in [3.8, 4) is 11.1 Å². The zero-order valence-corrected chi connectivity index (χ0v) is 16.8. The summed E-state index contributed by atoms with van der Waals surface area (Å²) in [6.45, 7) is 4.10. The highest BCUT2D eigenvalue weighted by atomic mass is 16.5. The predicted molar refractivity (Wildman–Crippen MR) is 108 cm³/mol. The van der Waals surface area contributed by atoms with Gasteiger partial charge in [-0.25, -0.2) is 4.98 Å². The van der Waals surface area contributed by atoms with Crippen molar-refractivity contribution in [3.63, 3.8) is 0 Å². The summed E-state index contributed by atoms with van der Waals surface area (Å²) < 4.78 is 11.2. The summed E-state index contributed by atoms with van der Waals surface area (Å²) in [6.07, 6.45) is -1.37. The van der Waals surface area contributed by atoms with Crippen molar-refractivity contribution in [2.24, 2.45) is 0 Å². The molecule has 29 heavy (non-hydrogen) atoms. The molecule has 2 N–H and O–H groups in total. The highest BCUT2D eigenvalue weighted by Crippen LogP contribution is 2.33. The minimum absolute atomic E-state index is 0.0876. The molecule has 2 atom stereocenters. The SMILES string of the molecule is Cc1nc([C@H](O)[C@](C)(OCc2ccc(-c3ccccc3)cc2)C(=O)CO)c(C)o1. The number of hydrogen-bond donors (Lipinski definition) is 2. The highest BCUT2D eigenvalue weighted by Gasteiger charge is 2.44. The number of oxazole rings is 1. The third-order valence-electron chi connectivity index (χ3n) is 5.02. The number of benzene rings is 2. The average Bonchev–Trinajstić information content (AvgIpc) is 3.09. The summed E-state index contributed by atoms with van der Waals surface area (Å²) >= 11 is 0. The van der Waals surface area contributed by atoms with Crippen LogP contribution in [0.3, 0.4) is 0 Å². The Balaban J connectivity index is 1.79. The first-order valence-electron chi connectivity index (χ1n) is 9.39. The molecule has 3 rings (SSSR count). The van der Waals surface area contributed by atoms with Crippen LogP contribution in [-0.2, 0) is 16.1 Å². The summed E-state index contributed by atoms with van der Waals surface area (Å²) in [4.78, 5) is 16.6. The van der Waals surface area contributed by atoms with Gasteiger partial charge in [-0.1, -0.05) is 54.6 Å². The van der Waals surface area contributed by atoms with Crippen molar-refractivity contribution in [1.82, 2.24) is 4.98 Å². The minimum atomic E-state index is -1.67. The maximum absolute atomic E-state index is 12.4. The number of rotatable bonds is 8. The van der Waals surface area contributed by atoms with Crippen LogP contribution in [-0.4, -0.2) is 33.2 Å². The molecular weight excluding hydrogens is 370 g/mol. The molecule has 0 fully saturated rings. The number of aryl methyl sites for hydroxylation is 2. The molecule has 2 aromatic carbocycles. The van der Waals surface area contributed by atoms with E-state index < -0.39 is 24.1 Å². The minimum Gasteiger partial charge on any atom is -0.446 e. The molecule has 1 aromatic heterocycles. The monoisotopic (exact) mass is 395 g/mol. The second-order valence-corrected chi connectivity index (χ2v) is 7.12. The molecule has 0 amide bonds. The van der Waals surface area contributed by atoms with Crippen LogP contribution >= 0.6 is 0 Å². The first kappa shape index (κ1) is 20.9. The van der Waals surface area contributed by atoms with Crippen molar-refractivity contribution in [2.75, 3.05) is 6.61 Å². The van der Waals surface area contributed by atoms with E-state index in [9.17, 15) is 15.0 Å². The Kier molecular flexibility index (Phi) is 6.27. The zero-order valence-electron chi connectivity index (χ0n) is 16.8.